The quantitative estimate of drug-likeness (QED) is 0.247. The minimum atomic E-state index is -0.513. The second kappa shape index (κ2) is 9.03. The van der Waals surface area contributed by atoms with Gasteiger partial charge in [0.2, 0.25) is 0 Å². The number of para-hydroxylation sites is 1. The second-order valence-corrected chi connectivity index (χ2v) is 7.60. The molecule has 8 heteroatoms. The highest BCUT2D eigenvalue weighted by molar-refractivity contribution is 6.31. The molecule has 0 unspecified atom stereocenters. The molecule has 0 bridgehead atoms. The van der Waals surface area contributed by atoms with E-state index in [1.165, 1.54) is 24.3 Å². The fourth-order valence-electron chi connectivity index (χ4n) is 3.58. The number of aromatic nitrogens is 1. The molecule has 0 aliphatic carbocycles. The number of halogens is 1. The van der Waals surface area contributed by atoms with Crippen molar-refractivity contribution in [3.05, 3.63) is 110 Å². The van der Waals surface area contributed by atoms with Gasteiger partial charge in [0, 0.05) is 51.4 Å². The number of non-ortho nitro benzene ring substituents is 1. The van der Waals surface area contributed by atoms with Crippen LogP contribution in [0, 0.1) is 17.0 Å². The van der Waals surface area contributed by atoms with Crippen LogP contribution in [-0.4, -0.2) is 21.6 Å². The number of carbonyl (C=O) groups is 1. The highest BCUT2D eigenvalue weighted by Gasteiger charge is 2.14. The number of nitrogens with zero attached hydrogens (tertiary/aromatic N) is 3. The Morgan fingerprint density at radius 3 is 2.50 bits per heavy atom. The van der Waals surface area contributed by atoms with Gasteiger partial charge in [-0.05, 0) is 36.8 Å². The molecule has 3 aromatic carbocycles. The summed E-state index contributed by atoms with van der Waals surface area (Å²) in [7, 11) is 0. The smallest absolute Gasteiger partial charge is 0.271 e. The van der Waals surface area contributed by atoms with E-state index in [-0.39, 0.29) is 11.3 Å². The fraction of sp³-hybridized carbons (Fsp3) is 0.0833. The van der Waals surface area contributed by atoms with Crippen LogP contribution in [0.4, 0.5) is 5.69 Å². The van der Waals surface area contributed by atoms with Gasteiger partial charge < -0.3 is 4.57 Å². The van der Waals surface area contributed by atoms with Crippen molar-refractivity contribution in [2.75, 3.05) is 0 Å². The number of amides is 1. The molecule has 160 valence electrons. The zero-order chi connectivity index (χ0) is 22.7. The Bertz CT molecular complexity index is 1340. The van der Waals surface area contributed by atoms with Gasteiger partial charge in [-0.2, -0.15) is 5.10 Å². The third kappa shape index (κ3) is 4.24. The van der Waals surface area contributed by atoms with Crippen molar-refractivity contribution in [3.8, 4) is 0 Å². The predicted octanol–water partition coefficient (Wildman–Crippen LogP) is 5.32. The summed E-state index contributed by atoms with van der Waals surface area (Å²) in [6.45, 7) is 2.60. The van der Waals surface area contributed by atoms with Crippen molar-refractivity contribution in [3.63, 3.8) is 0 Å². The lowest BCUT2D eigenvalue weighted by molar-refractivity contribution is -0.384. The summed E-state index contributed by atoms with van der Waals surface area (Å²) in [6.07, 6.45) is 1.62. The van der Waals surface area contributed by atoms with Crippen LogP contribution in [0.25, 0.3) is 10.9 Å². The number of nitro benzene ring substituents is 1. The molecule has 4 rings (SSSR count). The fourth-order valence-corrected chi connectivity index (χ4v) is 3.77. The summed E-state index contributed by atoms with van der Waals surface area (Å²) in [6, 6.07) is 21.0. The van der Waals surface area contributed by atoms with Crippen LogP contribution in [0.5, 0.6) is 0 Å². The maximum Gasteiger partial charge on any atom is 0.271 e. The number of benzene rings is 3. The van der Waals surface area contributed by atoms with Crippen LogP contribution in [0.2, 0.25) is 5.02 Å². The molecular weight excluding hydrogens is 428 g/mol. The average Bonchev–Trinajstić information content (AvgIpc) is 3.06. The minimum absolute atomic E-state index is 0.0768. The molecule has 1 amide bonds. The first-order chi connectivity index (χ1) is 15.5. The monoisotopic (exact) mass is 446 g/mol. The zero-order valence-corrected chi connectivity index (χ0v) is 17.9. The van der Waals surface area contributed by atoms with Crippen LogP contribution in [-0.2, 0) is 6.54 Å². The molecule has 0 saturated heterocycles. The van der Waals surface area contributed by atoms with Crippen molar-refractivity contribution in [1.82, 2.24) is 9.99 Å². The van der Waals surface area contributed by atoms with Crippen molar-refractivity contribution in [2.45, 2.75) is 13.5 Å². The van der Waals surface area contributed by atoms with Crippen molar-refractivity contribution in [1.29, 1.82) is 0 Å². The van der Waals surface area contributed by atoms with Crippen LogP contribution in [0.1, 0.15) is 27.2 Å². The Labute approximate surface area is 189 Å². The minimum Gasteiger partial charge on any atom is -0.340 e. The molecule has 1 N–H and O–H groups in total. The molecule has 4 aromatic rings. The molecule has 1 heterocycles. The summed E-state index contributed by atoms with van der Waals surface area (Å²) in [5.41, 5.74) is 6.61. The van der Waals surface area contributed by atoms with Gasteiger partial charge in [0.25, 0.3) is 11.6 Å². The zero-order valence-electron chi connectivity index (χ0n) is 17.2. The van der Waals surface area contributed by atoms with Gasteiger partial charge in [0.1, 0.15) is 0 Å². The number of nitrogens with one attached hydrogen (secondary N) is 1. The van der Waals surface area contributed by atoms with E-state index < -0.39 is 10.8 Å². The van der Waals surface area contributed by atoms with Gasteiger partial charge in [-0.3, -0.25) is 14.9 Å². The van der Waals surface area contributed by atoms with E-state index in [4.69, 9.17) is 11.6 Å². The third-order valence-corrected chi connectivity index (χ3v) is 5.63. The van der Waals surface area contributed by atoms with E-state index in [0.717, 1.165) is 27.7 Å². The second-order valence-electron chi connectivity index (χ2n) is 7.20. The SMILES string of the molecule is Cc1c(/C=N/NC(=O)c2ccc([N+](=O)[O-])cc2)c2ccccc2n1Cc1ccccc1Cl. The Morgan fingerprint density at radius 1 is 1.09 bits per heavy atom. The summed E-state index contributed by atoms with van der Waals surface area (Å²) >= 11 is 6.36. The van der Waals surface area contributed by atoms with Crippen LogP contribution in [0.15, 0.2) is 77.9 Å². The number of carbonyl (C=O) groups excluding carboxylic acids is 1. The van der Waals surface area contributed by atoms with E-state index >= 15 is 0 Å². The highest BCUT2D eigenvalue weighted by atomic mass is 35.5. The van der Waals surface area contributed by atoms with E-state index in [1.54, 1.807) is 6.21 Å². The van der Waals surface area contributed by atoms with Gasteiger partial charge >= 0.3 is 0 Å². The largest absolute Gasteiger partial charge is 0.340 e. The highest BCUT2D eigenvalue weighted by Crippen LogP contribution is 2.27. The Kier molecular flexibility index (Phi) is 6.00. The lowest BCUT2D eigenvalue weighted by Gasteiger charge is -2.10. The lowest BCUT2D eigenvalue weighted by atomic mass is 10.1. The first-order valence-corrected chi connectivity index (χ1v) is 10.2. The molecule has 0 saturated carbocycles. The Balaban J connectivity index is 1.60. The first-order valence-electron chi connectivity index (χ1n) is 9.85. The molecule has 0 aliphatic heterocycles. The number of hydrogen-bond donors (Lipinski definition) is 1. The number of fused-ring (bicyclic) bond motifs is 1. The summed E-state index contributed by atoms with van der Waals surface area (Å²) in [5.74, 6) is -0.450. The van der Waals surface area contributed by atoms with Gasteiger partial charge in [0.05, 0.1) is 11.1 Å². The summed E-state index contributed by atoms with van der Waals surface area (Å²) in [4.78, 5) is 22.6. The maximum atomic E-state index is 12.3. The van der Waals surface area contributed by atoms with Gasteiger partial charge in [-0.1, -0.05) is 48.0 Å². The number of hydrogen-bond acceptors (Lipinski definition) is 4. The first kappa shape index (κ1) is 21.3. The maximum absolute atomic E-state index is 12.3. The number of rotatable bonds is 6. The van der Waals surface area contributed by atoms with E-state index in [2.05, 4.69) is 15.1 Å². The van der Waals surface area contributed by atoms with E-state index in [0.29, 0.717) is 11.6 Å². The average molecular weight is 447 g/mol. The van der Waals surface area contributed by atoms with Gasteiger partial charge in [0.15, 0.2) is 0 Å². The van der Waals surface area contributed by atoms with Crippen molar-refractivity contribution >= 4 is 40.3 Å². The standard InChI is InChI=1S/C24H19ClN4O3/c1-16-21(14-26-27-24(30)17-10-12-19(13-11-17)29(31)32)20-7-3-5-9-23(20)28(16)15-18-6-2-4-8-22(18)25/h2-14H,15H2,1H3,(H,27,30)/b26-14+. The molecule has 0 atom stereocenters. The molecular formula is C24H19ClN4O3. The molecule has 7 nitrogen and oxygen atoms in total. The molecule has 0 spiro atoms. The summed E-state index contributed by atoms with van der Waals surface area (Å²) < 4.78 is 2.16. The topological polar surface area (TPSA) is 89.5 Å². The molecule has 0 fully saturated rings. The van der Waals surface area contributed by atoms with E-state index in [1.807, 2.05) is 55.5 Å². The van der Waals surface area contributed by atoms with Crippen LogP contribution in [0.3, 0.4) is 0 Å². The summed E-state index contributed by atoms with van der Waals surface area (Å²) in [5, 5.41) is 16.6. The molecule has 32 heavy (non-hydrogen) atoms. The van der Waals surface area contributed by atoms with Crippen LogP contribution < -0.4 is 5.43 Å². The lowest BCUT2D eigenvalue weighted by Crippen LogP contribution is -2.17. The molecule has 0 radical (unpaired) electrons. The Morgan fingerprint density at radius 2 is 1.78 bits per heavy atom. The van der Waals surface area contributed by atoms with Gasteiger partial charge in [-0.25, -0.2) is 5.43 Å². The van der Waals surface area contributed by atoms with Crippen LogP contribution >= 0.6 is 11.6 Å². The molecule has 1 aromatic heterocycles. The van der Waals surface area contributed by atoms with Crippen molar-refractivity contribution < 1.29 is 9.72 Å². The normalized spacial score (nSPS) is 11.2. The predicted molar refractivity (Wildman–Crippen MR) is 125 cm³/mol. The third-order valence-electron chi connectivity index (χ3n) is 5.27. The van der Waals surface area contributed by atoms with Crippen molar-refractivity contribution in [2.24, 2.45) is 5.10 Å². The van der Waals surface area contributed by atoms with E-state index in [9.17, 15) is 14.9 Å². The van der Waals surface area contributed by atoms with Gasteiger partial charge in [-0.15, -0.1) is 0 Å². The Hall–Kier alpha value is -3.97. The molecule has 0 aliphatic rings. The number of hydrazone groups is 1. The number of nitro groups is 1.